The van der Waals surface area contributed by atoms with E-state index in [9.17, 15) is 19.5 Å². The molecule has 0 saturated carbocycles. The number of carbonyl (C=O) groups excluding carboxylic acids is 3. The number of rotatable bonds is 4. The largest absolute Gasteiger partial charge is 0.550 e. The zero-order valence-corrected chi connectivity index (χ0v) is 7.98. The second kappa shape index (κ2) is 6.35. The van der Waals surface area contributed by atoms with Gasteiger partial charge in [-0.05, 0) is 6.42 Å². The standard InChI is InChI=1S/C7H11N3O5/c1-9-7(14)6(8)10-15-5(13)3-2-4(11)12/h2-3H2,1H3,(H2,8,10)(H,9,14)(H,11,12)/p-1. The minimum Gasteiger partial charge on any atom is -0.550 e. The molecule has 0 aliphatic heterocycles. The van der Waals surface area contributed by atoms with E-state index in [4.69, 9.17) is 5.73 Å². The molecular formula is C7H10N3O5-. The Morgan fingerprint density at radius 3 is 2.47 bits per heavy atom. The predicted molar refractivity (Wildman–Crippen MR) is 46.0 cm³/mol. The molecule has 0 fully saturated rings. The molecule has 15 heavy (non-hydrogen) atoms. The van der Waals surface area contributed by atoms with Gasteiger partial charge in [0.05, 0.1) is 6.42 Å². The Kier molecular flexibility index (Phi) is 5.45. The molecule has 0 aromatic rings. The molecule has 0 aliphatic carbocycles. The number of hydrogen-bond acceptors (Lipinski definition) is 6. The lowest BCUT2D eigenvalue weighted by Crippen LogP contribution is -2.34. The third-order valence-electron chi connectivity index (χ3n) is 1.24. The Morgan fingerprint density at radius 2 is 2.00 bits per heavy atom. The molecule has 0 heterocycles. The lowest BCUT2D eigenvalue weighted by atomic mass is 10.3. The summed E-state index contributed by atoms with van der Waals surface area (Å²) in [5.74, 6) is -3.52. The Morgan fingerprint density at radius 1 is 1.40 bits per heavy atom. The summed E-state index contributed by atoms with van der Waals surface area (Å²) in [6.07, 6.45) is -0.874. The third-order valence-corrected chi connectivity index (χ3v) is 1.24. The maximum Gasteiger partial charge on any atom is 0.335 e. The van der Waals surface area contributed by atoms with Crippen LogP contribution in [0.3, 0.4) is 0 Å². The molecule has 0 bridgehead atoms. The first-order valence-electron chi connectivity index (χ1n) is 3.92. The number of aliphatic carboxylic acids is 1. The van der Waals surface area contributed by atoms with Crippen LogP contribution >= 0.6 is 0 Å². The summed E-state index contributed by atoms with van der Waals surface area (Å²) in [6, 6.07) is 0. The van der Waals surface area contributed by atoms with Crippen molar-refractivity contribution in [2.24, 2.45) is 10.9 Å². The molecule has 0 saturated heterocycles. The van der Waals surface area contributed by atoms with Crippen molar-refractivity contribution in [2.75, 3.05) is 7.05 Å². The number of carbonyl (C=O) groups is 3. The minimum absolute atomic E-state index is 0.396. The summed E-state index contributed by atoms with van der Waals surface area (Å²) in [5, 5.41) is 15.1. The van der Waals surface area contributed by atoms with E-state index < -0.39 is 36.5 Å². The van der Waals surface area contributed by atoms with Gasteiger partial charge in [0, 0.05) is 13.0 Å². The molecule has 8 heteroatoms. The summed E-state index contributed by atoms with van der Waals surface area (Å²) in [5.41, 5.74) is 5.06. The topological polar surface area (TPSA) is 134 Å². The van der Waals surface area contributed by atoms with Crippen molar-refractivity contribution < 1.29 is 24.3 Å². The fourth-order valence-electron chi connectivity index (χ4n) is 0.519. The predicted octanol–water partition coefficient (Wildman–Crippen LogP) is -2.92. The van der Waals surface area contributed by atoms with Crippen LogP contribution in [0.15, 0.2) is 5.16 Å². The molecule has 0 aromatic heterocycles. The number of nitrogens with zero attached hydrogens (tertiary/aromatic N) is 1. The van der Waals surface area contributed by atoms with Gasteiger partial charge in [-0.1, -0.05) is 5.16 Å². The van der Waals surface area contributed by atoms with Crippen molar-refractivity contribution in [1.29, 1.82) is 0 Å². The summed E-state index contributed by atoms with van der Waals surface area (Å²) < 4.78 is 0. The zero-order chi connectivity index (χ0) is 11.8. The van der Waals surface area contributed by atoms with E-state index in [1.807, 2.05) is 0 Å². The van der Waals surface area contributed by atoms with Crippen LogP contribution in [-0.2, 0) is 19.2 Å². The number of hydrogen-bond donors (Lipinski definition) is 2. The summed E-state index contributed by atoms with van der Waals surface area (Å²) in [7, 11) is 1.32. The normalized spacial score (nSPS) is 10.6. The van der Waals surface area contributed by atoms with Crippen molar-refractivity contribution >= 4 is 23.7 Å². The van der Waals surface area contributed by atoms with Gasteiger partial charge in [0.25, 0.3) is 5.91 Å². The van der Waals surface area contributed by atoms with Crippen molar-refractivity contribution in [3.05, 3.63) is 0 Å². The van der Waals surface area contributed by atoms with E-state index in [0.717, 1.165) is 0 Å². The Bertz CT molecular complexity index is 299. The average molecular weight is 216 g/mol. The summed E-state index contributed by atoms with van der Waals surface area (Å²) in [6.45, 7) is 0. The fourth-order valence-corrected chi connectivity index (χ4v) is 0.519. The fraction of sp³-hybridized carbons (Fsp3) is 0.429. The van der Waals surface area contributed by atoms with Gasteiger partial charge in [0.15, 0.2) is 0 Å². The van der Waals surface area contributed by atoms with Crippen molar-refractivity contribution in [2.45, 2.75) is 12.8 Å². The highest BCUT2D eigenvalue weighted by atomic mass is 16.7. The van der Waals surface area contributed by atoms with E-state index in [-0.39, 0.29) is 0 Å². The quantitative estimate of drug-likeness (QED) is 0.224. The summed E-state index contributed by atoms with van der Waals surface area (Å²) in [4.78, 5) is 35.6. The number of likely N-dealkylation sites (N-methyl/N-ethyl adjacent to an activating group) is 1. The van der Waals surface area contributed by atoms with Gasteiger partial charge < -0.3 is 25.8 Å². The lowest BCUT2D eigenvalue weighted by Gasteiger charge is -2.00. The molecular weight excluding hydrogens is 206 g/mol. The highest BCUT2D eigenvalue weighted by molar-refractivity contribution is 6.37. The number of amides is 1. The number of oxime groups is 1. The van der Waals surface area contributed by atoms with E-state index >= 15 is 0 Å². The van der Waals surface area contributed by atoms with E-state index in [1.165, 1.54) is 7.05 Å². The van der Waals surface area contributed by atoms with Gasteiger partial charge >= 0.3 is 5.97 Å². The van der Waals surface area contributed by atoms with Crippen LogP contribution in [0.2, 0.25) is 0 Å². The Balaban J connectivity index is 3.98. The second-order valence-electron chi connectivity index (χ2n) is 2.39. The lowest BCUT2D eigenvalue weighted by molar-refractivity contribution is -0.305. The van der Waals surface area contributed by atoms with Gasteiger partial charge in [0.1, 0.15) is 0 Å². The maximum absolute atomic E-state index is 10.8. The van der Waals surface area contributed by atoms with E-state index in [1.54, 1.807) is 0 Å². The number of carboxylic acid groups (broad SMARTS) is 1. The zero-order valence-electron chi connectivity index (χ0n) is 7.98. The number of amidine groups is 1. The molecule has 1 amide bonds. The highest BCUT2D eigenvalue weighted by Gasteiger charge is 2.07. The maximum atomic E-state index is 10.8. The van der Waals surface area contributed by atoms with Crippen LogP contribution in [0.25, 0.3) is 0 Å². The third kappa shape index (κ3) is 6.02. The van der Waals surface area contributed by atoms with E-state index in [2.05, 4.69) is 15.3 Å². The first-order chi connectivity index (χ1) is 6.97. The molecule has 0 atom stereocenters. The molecule has 8 nitrogen and oxygen atoms in total. The molecule has 0 unspecified atom stereocenters. The monoisotopic (exact) mass is 216 g/mol. The molecule has 0 radical (unpaired) electrons. The molecule has 0 spiro atoms. The van der Waals surface area contributed by atoms with Crippen LogP contribution in [0.1, 0.15) is 12.8 Å². The minimum atomic E-state index is -1.38. The van der Waals surface area contributed by atoms with Gasteiger partial charge in [0.2, 0.25) is 5.84 Å². The SMILES string of the molecule is CNC(=O)C(N)=NOC(=O)CCC(=O)[O-]. The smallest absolute Gasteiger partial charge is 0.335 e. The first-order valence-corrected chi connectivity index (χ1v) is 3.92. The van der Waals surface area contributed by atoms with Gasteiger partial charge in [-0.2, -0.15) is 0 Å². The van der Waals surface area contributed by atoms with Gasteiger partial charge in [-0.25, -0.2) is 4.79 Å². The highest BCUT2D eigenvalue weighted by Crippen LogP contribution is 1.91. The summed E-state index contributed by atoms with van der Waals surface area (Å²) >= 11 is 0. The van der Waals surface area contributed by atoms with E-state index in [0.29, 0.717) is 0 Å². The van der Waals surface area contributed by atoms with Crippen molar-refractivity contribution in [3.63, 3.8) is 0 Å². The van der Waals surface area contributed by atoms with Crippen LogP contribution in [0, 0.1) is 0 Å². The number of carboxylic acids is 1. The van der Waals surface area contributed by atoms with Crippen LogP contribution in [0.5, 0.6) is 0 Å². The Labute approximate surface area is 85.1 Å². The molecule has 84 valence electrons. The number of nitrogens with one attached hydrogen (secondary N) is 1. The van der Waals surface area contributed by atoms with Gasteiger partial charge in [-0.15, -0.1) is 0 Å². The van der Waals surface area contributed by atoms with Crippen molar-refractivity contribution in [1.82, 2.24) is 5.32 Å². The van der Waals surface area contributed by atoms with Gasteiger partial charge in [-0.3, -0.25) is 4.79 Å². The number of nitrogens with two attached hydrogens (primary N) is 1. The molecule has 3 N–H and O–H groups in total. The molecule has 0 aromatic carbocycles. The van der Waals surface area contributed by atoms with Crippen LogP contribution < -0.4 is 16.2 Å². The van der Waals surface area contributed by atoms with Crippen LogP contribution in [-0.4, -0.2) is 30.7 Å². The second-order valence-corrected chi connectivity index (χ2v) is 2.39. The Hall–Kier alpha value is -2.12. The molecule has 0 rings (SSSR count). The first kappa shape index (κ1) is 12.9. The molecule has 0 aliphatic rings. The van der Waals surface area contributed by atoms with Crippen molar-refractivity contribution in [3.8, 4) is 0 Å². The average Bonchev–Trinajstić information content (AvgIpc) is 2.21. The van der Waals surface area contributed by atoms with Crippen LogP contribution in [0.4, 0.5) is 0 Å².